The first kappa shape index (κ1) is 16.7. The maximum absolute atomic E-state index is 4.44. The van der Waals surface area contributed by atoms with Gasteiger partial charge >= 0.3 is 0 Å². The van der Waals surface area contributed by atoms with Gasteiger partial charge in [0.25, 0.3) is 0 Å². The smallest absolute Gasteiger partial charge is 0.140 e. The van der Waals surface area contributed by atoms with Gasteiger partial charge in [-0.05, 0) is 47.4 Å². The number of halogens is 1. The Morgan fingerprint density at radius 1 is 1.29 bits per heavy atom. The fourth-order valence-electron chi connectivity index (χ4n) is 2.80. The van der Waals surface area contributed by atoms with Gasteiger partial charge in [-0.25, -0.2) is 4.98 Å². The first-order valence-electron chi connectivity index (χ1n) is 7.76. The highest BCUT2D eigenvalue weighted by Gasteiger charge is 2.25. The molecule has 5 heteroatoms. The van der Waals surface area contributed by atoms with E-state index in [4.69, 9.17) is 0 Å². The van der Waals surface area contributed by atoms with Gasteiger partial charge in [-0.15, -0.1) is 0 Å². The first-order valence-corrected chi connectivity index (χ1v) is 8.56. The molecular formula is C16H27BrN4. The highest BCUT2D eigenvalue weighted by Crippen LogP contribution is 2.24. The minimum atomic E-state index is 0.549. The fraction of sp³-hybridized carbons (Fsp3) is 0.688. The van der Waals surface area contributed by atoms with E-state index in [9.17, 15) is 0 Å². The molecule has 0 saturated carbocycles. The Morgan fingerprint density at radius 3 is 2.57 bits per heavy atom. The van der Waals surface area contributed by atoms with E-state index in [1.165, 1.54) is 5.56 Å². The summed E-state index contributed by atoms with van der Waals surface area (Å²) in [5.41, 5.74) is 1.22. The van der Waals surface area contributed by atoms with Crippen molar-refractivity contribution in [2.75, 3.05) is 45.1 Å². The lowest BCUT2D eigenvalue weighted by Crippen LogP contribution is -2.52. The van der Waals surface area contributed by atoms with Gasteiger partial charge < -0.3 is 10.2 Å². The molecule has 1 aromatic heterocycles. The Hall–Kier alpha value is -0.650. The number of rotatable bonds is 5. The molecule has 1 unspecified atom stereocenters. The number of anilines is 1. The van der Waals surface area contributed by atoms with Crippen LogP contribution in [0.1, 0.15) is 19.4 Å². The molecule has 0 bridgehead atoms. The standard InChI is InChI=1S/C16H27BrN4/c1-12(2)14(21-9-7-20(4)8-10-21)11-19-16-15(17)13(3)5-6-18-16/h5-6,12,14H,7-11H2,1-4H3,(H,18,19). The Labute approximate surface area is 137 Å². The van der Waals surface area contributed by atoms with Crippen molar-refractivity contribution in [2.24, 2.45) is 5.92 Å². The van der Waals surface area contributed by atoms with Gasteiger partial charge in [0, 0.05) is 45.0 Å². The van der Waals surface area contributed by atoms with E-state index in [0.717, 1.165) is 43.0 Å². The monoisotopic (exact) mass is 354 g/mol. The van der Waals surface area contributed by atoms with E-state index in [1.54, 1.807) is 0 Å². The number of hydrogen-bond donors (Lipinski definition) is 1. The molecule has 1 aromatic rings. The number of piperazine rings is 1. The Bertz CT molecular complexity index is 456. The van der Waals surface area contributed by atoms with E-state index >= 15 is 0 Å². The molecule has 1 aliphatic rings. The van der Waals surface area contributed by atoms with E-state index in [1.807, 2.05) is 12.3 Å². The minimum absolute atomic E-state index is 0.549. The van der Waals surface area contributed by atoms with Crippen LogP contribution in [0.25, 0.3) is 0 Å². The van der Waals surface area contributed by atoms with E-state index in [-0.39, 0.29) is 0 Å². The first-order chi connectivity index (χ1) is 9.99. The summed E-state index contributed by atoms with van der Waals surface area (Å²) in [7, 11) is 2.20. The number of likely N-dealkylation sites (N-methyl/N-ethyl adjacent to an activating group) is 1. The van der Waals surface area contributed by atoms with Crippen molar-refractivity contribution in [3.05, 3.63) is 22.3 Å². The Balaban J connectivity index is 1.98. The largest absolute Gasteiger partial charge is 0.368 e. The predicted molar refractivity (Wildman–Crippen MR) is 92.9 cm³/mol. The van der Waals surface area contributed by atoms with Crippen molar-refractivity contribution >= 4 is 21.7 Å². The van der Waals surface area contributed by atoms with Crippen molar-refractivity contribution in [3.63, 3.8) is 0 Å². The lowest BCUT2D eigenvalue weighted by Gasteiger charge is -2.40. The van der Waals surface area contributed by atoms with Crippen molar-refractivity contribution in [1.82, 2.24) is 14.8 Å². The Kier molecular flexibility index (Phi) is 6.02. The van der Waals surface area contributed by atoms with Gasteiger partial charge in [0.05, 0.1) is 4.47 Å². The molecule has 0 spiro atoms. The molecular weight excluding hydrogens is 328 g/mol. The van der Waals surface area contributed by atoms with Crippen LogP contribution in [0.5, 0.6) is 0 Å². The topological polar surface area (TPSA) is 31.4 Å². The molecule has 0 aromatic carbocycles. The summed E-state index contributed by atoms with van der Waals surface area (Å²) in [6.45, 7) is 12.3. The second kappa shape index (κ2) is 7.56. The number of aryl methyl sites for hydroxylation is 1. The fourth-order valence-corrected chi connectivity index (χ4v) is 3.18. The van der Waals surface area contributed by atoms with E-state index in [0.29, 0.717) is 12.0 Å². The highest BCUT2D eigenvalue weighted by atomic mass is 79.9. The molecule has 0 aliphatic carbocycles. The SMILES string of the molecule is Cc1ccnc(NCC(C(C)C)N2CCN(C)CC2)c1Br. The second-order valence-electron chi connectivity index (χ2n) is 6.32. The summed E-state index contributed by atoms with van der Waals surface area (Å²) >= 11 is 3.63. The molecule has 0 radical (unpaired) electrons. The normalized spacial score (nSPS) is 19.0. The number of aromatic nitrogens is 1. The molecule has 4 nitrogen and oxygen atoms in total. The molecule has 1 aliphatic heterocycles. The summed E-state index contributed by atoms with van der Waals surface area (Å²) < 4.78 is 1.07. The minimum Gasteiger partial charge on any atom is -0.368 e. The zero-order valence-corrected chi connectivity index (χ0v) is 15.2. The maximum atomic E-state index is 4.44. The third kappa shape index (κ3) is 4.41. The van der Waals surface area contributed by atoms with Crippen molar-refractivity contribution in [2.45, 2.75) is 26.8 Å². The summed E-state index contributed by atoms with van der Waals surface area (Å²) in [6, 6.07) is 2.57. The van der Waals surface area contributed by atoms with Crippen LogP contribution in [0.2, 0.25) is 0 Å². The maximum Gasteiger partial charge on any atom is 0.140 e. The lowest BCUT2D eigenvalue weighted by molar-refractivity contribution is 0.0944. The average Bonchev–Trinajstić information content (AvgIpc) is 2.45. The van der Waals surface area contributed by atoms with Gasteiger partial charge in [0.2, 0.25) is 0 Å². The van der Waals surface area contributed by atoms with Crippen molar-refractivity contribution in [1.29, 1.82) is 0 Å². The predicted octanol–water partition coefficient (Wildman–Crippen LogP) is 2.84. The quantitative estimate of drug-likeness (QED) is 0.880. The molecule has 2 heterocycles. The van der Waals surface area contributed by atoms with Gasteiger partial charge in [0.1, 0.15) is 5.82 Å². The van der Waals surface area contributed by atoms with Crippen molar-refractivity contribution in [3.8, 4) is 0 Å². The van der Waals surface area contributed by atoms with Gasteiger partial charge in [0.15, 0.2) is 0 Å². The molecule has 1 N–H and O–H groups in total. The van der Waals surface area contributed by atoms with Gasteiger partial charge in [-0.3, -0.25) is 4.90 Å². The highest BCUT2D eigenvalue weighted by molar-refractivity contribution is 9.10. The number of nitrogens with zero attached hydrogens (tertiary/aromatic N) is 3. The molecule has 1 fully saturated rings. The van der Waals surface area contributed by atoms with E-state index in [2.05, 4.69) is 63.8 Å². The number of hydrogen-bond acceptors (Lipinski definition) is 4. The molecule has 2 rings (SSSR count). The molecule has 1 saturated heterocycles. The van der Waals surface area contributed by atoms with Gasteiger partial charge in [-0.2, -0.15) is 0 Å². The van der Waals surface area contributed by atoms with Crippen LogP contribution in [0, 0.1) is 12.8 Å². The third-order valence-corrected chi connectivity index (χ3v) is 5.34. The van der Waals surface area contributed by atoms with Crippen LogP contribution in [0.3, 0.4) is 0 Å². The van der Waals surface area contributed by atoms with Crippen molar-refractivity contribution < 1.29 is 0 Å². The molecule has 0 amide bonds. The lowest BCUT2D eigenvalue weighted by atomic mass is 10.0. The zero-order valence-electron chi connectivity index (χ0n) is 13.6. The summed E-state index contributed by atoms with van der Waals surface area (Å²) in [5.74, 6) is 1.58. The van der Waals surface area contributed by atoms with E-state index < -0.39 is 0 Å². The second-order valence-corrected chi connectivity index (χ2v) is 7.11. The molecule has 118 valence electrons. The van der Waals surface area contributed by atoms with Gasteiger partial charge in [-0.1, -0.05) is 13.8 Å². The number of nitrogens with one attached hydrogen (secondary N) is 1. The van der Waals surface area contributed by atoms with Crippen LogP contribution in [-0.4, -0.2) is 60.6 Å². The zero-order chi connectivity index (χ0) is 15.4. The number of pyridine rings is 1. The summed E-state index contributed by atoms with van der Waals surface area (Å²) in [5, 5.41) is 3.53. The van der Waals surface area contributed by atoms with Crippen LogP contribution < -0.4 is 5.32 Å². The third-order valence-electron chi connectivity index (χ3n) is 4.34. The van der Waals surface area contributed by atoms with Crippen LogP contribution >= 0.6 is 15.9 Å². The summed E-state index contributed by atoms with van der Waals surface area (Å²) in [4.78, 5) is 9.46. The summed E-state index contributed by atoms with van der Waals surface area (Å²) in [6.07, 6.45) is 1.86. The molecule has 1 atom stereocenters. The average molecular weight is 355 g/mol. The van der Waals surface area contributed by atoms with Crippen LogP contribution in [-0.2, 0) is 0 Å². The van der Waals surface area contributed by atoms with Crippen LogP contribution in [0.15, 0.2) is 16.7 Å². The molecule has 21 heavy (non-hydrogen) atoms. The Morgan fingerprint density at radius 2 is 1.95 bits per heavy atom. The van der Waals surface area contributed by atoms with Crippen LogP contribution in [0.4, 0.5) is 5.82 Å².